The van der Waals surface area contributed by atoms with Gasteiger partial charge >= 0.3 is 0 Å². The van der Waals surface area contributed by atoms with E-state index in [2.05, 4.69) is 5.48 Å². The minimum atomic E-state index is -0.474. The quantitative estimate of drug-likeness (QED) is 0.689. The monoisotopic (exact) mass is 314 g/mol. The lowest BCUT2D eigenvalue weighted by molar-refractivity contribution is -0.384. The number of rotatable bonds is 4. The van der Waals surface area contributed by atoms with Gasteiger partial charge in [-0.25, -0.2) is 5.48 Å². The fourth-order valence-electron chi connectivity index (χ4n) is 1.87. The van der Waals surface area contributed by atoms with Crippen molar-refractivity contribution < 1.29 is 14.6 Å². The van der Waals surface area contributed by atoms with Crippen molar-refractivity contribution in [3.05, 3.63) is 64.2 Å². The number of hydrogen-bond acceptors (Lipinski definition) is 4. The highest BCUT2D eigenvalue weighted by Gasteiger charge is 2.14. The predicted octanol–water partition coefficient (Wildman–Crippen LogP) is 3.72. The minimum Gasteiger partial charge on any atom is -0.268 e. The number of nitrogens with zero attached hydrogens (tertiary/aromatic N) is 1. The van der Waals surface area contributed by atoms with Crippen LogP contribution in [0.2, 0.25) is 0 Å². The van der Waals surface area contributed by atoms with Gasteiger partial charge < -0.3 is 0 Å². The molecule has 23 heavy (non-hydrogen) atoms. The summed E-state index contributed by atoms with van der Waals surface area (Å²) in [5.74, 6) is -0.342. The summed E-state index contributed by atoms with van der Waals surface area (Å²) in [5.41, 5.74) is 3.91. The van der Waals surface area contributed by atoms with E-state index in [0.29, 0.717) is 5.56 Å². The number of carbonyl (C=O) groups is 1. The molecule has 0 aliphatic heterocycles. The molecule has 0 saturated heterocycles. The molecule has 6 heteroatoms. The Bertz CT molecular complexity index is 718. The molecule has 2 rings (SSSR count). The first kappa shape index (κ1) is 16.6. The van der Waals surface area contributed by atoms with Crippen molar-refractivity contribution in [1.82, 2.24) is 5.48 Å². The average molecular weight is 314 g/mol. The summed E-state index contributed by atoms with van der Waals surface area (Å²) in [4.78, 5) is 27.6. The van der Waals surface area contributed by atoms with Crippen LogP contribution >= 0.6 is 0 Å². The lowest BCUT2D eigenvalue weighted by Gasteiger charge is -2.18. The summed E-state index contributed by atoms with van der Waals surface area (Å²) in [7, 11) is 0. The van der Waals surface area contributed by atoms with Gasteiger partial charge in [0.15, 0.2) is 0 Å². The third-order valence-corrected chi connectivity index (χ3v) is 2.99. The van der Waals surface area contributed by atoms with E-state index in [4.69, 9.17) is 4.84 Å². The zero-order valence-electron chi connectivity index (χ0n) is 13.2. The van der Waals surface area contributed by atoms with Gasteiger partial charge in [-0.2, -0.15) is 0 Å². The SMILES string of the molecule is CC(C)(C)ONC(=O)c1ccc(-c2cccc([N+](=O)[O-])c2)cc1. The van der Waals surface area contributed by atoms with Crippen LogP contribution in [0.3, 0.4) is 0 Å². The van der Waals surface area contributed by atoms with E-state index >= 15 is 0 Å². The fourth-order valence-corrected chi connectivity index (χ4v) is 1.87. The molecule has 0 aromatic heterocycles. The van der Waals surface area contributed by atoms with Crippen molar-refractivity contribution in [1.29, 1.82) is 0 Å². The molecular formula is C17H18N2O4. The summed E-state index contributed by atoms with van der Waals surface area (Å²) >= 11 is 0. The van der Waals surface area contributed by atoms with Crippen molar-refractivity contribution in [2.24, 2.45) is 0 Å². The van der Waals surface area contributed by atoms with E-state index in [1.165, 1.54) is 12.1 Å². The summed E-state index contributed by atoms with van der Waals surface area (Å²) < 4.78 is 0. The maximum atomic E-state index is 12.0. The summed E-state index contributed by atoms with van der Waals surface area (Å²) in [6.07, 6.45) is 0. The fraction of sp³-hybridized carbons (Fsp3) is 0.235. The summed E-state index contributed by atoms with van der Waals surface area (Å²) in [6, 6.07) is 13.1. The normalized spacial score (nSPS) is 11.1. The van der Waals surface area contributed by atoms with E-state index in [0.717, 1.165) is 11.1 Å². The van der Waals surface area contributed by atoms with Crippen molar-refractivity contribution in [3.8, 4) is 11.1 Å². The summed E-state index contributed by atoms with van der Waals surface area (Å²) in [5, 5.41) is 10.8. The number of hydroxylamine groups is 1. The Hall–Kier alpha value is -2.73. The van der Waals surface area contributed by atoms with Gasteiger partial charge in [0.05, 0.1) is 10.5 Å². The largest absolute Gasteiger partial charge is 0.274 e. The Kier molecular flexibility index (Phi) is 4.76. The van der Waals surface area contributed by atoms with Gasteiger partial charge in [-0.1, -0.05) is 24.3 Å². The van der Waals surface area contributed by atoms with Gasteiger partial charge in [0.25, 0.3) is 11.6 Å². The first-order chi connectivity index (χ1) is 10.8. The van der Waals surface area contributed by atoms with E-state index in [1.54, 1.807) is 36.4 Å². The highest BCUT2D eigenvalue weighted by atomic mass is 16.7. The molecule has 0 heterocycles. The van der Waals surface area contributed by atoms with E-state index < -0.39 is 10.5 Å². The molecule has 0 aliphatic rings. The first-order valence-corrected chi connectivity index (χ1v) is 7.09. The molecule has 2 aromatic rings. The lowest BCUT2D eigenvalue weighted by atomic mass is 10.0. The maximum Gasteiger partial charge on any atom is 0.274 e. The number of benzene rings is 2. The molecule has 0 atom stereocenters. The molecule has 0 saturated carbocycles. The molecule has 0 spiro atoms. The van der Waals surface area contributed by atoms with Gasteiger partial charge in [0.1, 0.15) is 0 Å². The maximum absolute atomic E-state index is 12.0. The van der Waals surface area contributed by atoms with Crippen LogP contribution in [0.4, 0.5) is 5.69 Å². The second-order valence-corrected chi connectivity index (χ2v) is 6.03. The standard InChI is InChI=1S/C17H18N2O4/c1-17(2,3)23-18-16(20)13-9-7-12(8-10-13)14-5-4-6-15(11-14)19(21)22/h4-11H,1-3H3,(H,18,20). The van der Waals surface area contributed by atoms with Gasteiger partial charge in [-0.05, 0) is 44.0 Å². The zero-order chi connectivity index (χ0) is 17.0. The molecule has 120 valence electrons. The molecule has 0 fully saturated rings. The smallest absolute Gasteiger partial charge is 0.268 e. The Morgan fingerprint density at radius 3 is 2.30 bits per heavy atom. The van der Waals surface area contributed by atoms with Crippen molar-refractivity contribution in [3.63, 3.8) is 0 Å². The van der Waals surface area contributed by atoms with E-state index in [1.807, 2.05) is 20.8 Å². The molecule has 1 amide bonds. The number of amides is 1. The lowest BCUT2D eigenvalue weighted by Crippen LogP contribution is -2.33. The minimum absolute atomic E-state index is 0.0305. The predicted molar refractivity (Wildman–Crippen MR) is 86.8 cm³/mol. The number of nitro benzene ring substituents is 1. The van der Waals surface area contributed by atoms with Crippen LogP contribution in [0.25, 0.3) is 11.1 Å². The molecule has 1 N–H and O–H groups in total. The van der Waals surface area contributed by atoms with Crippen molar-refractivity contribution in [2.75, 3.05) is 0 Å². The van der Waals surface area contributed by atoms with Crippen molar-refractivity contribution >= 4 is 11.6 Å². The van der Waals surface area contributed by atoms with Crippen LogP contribution < -0.4 is 5.48 Å². The number of non-ortho nitro benzene ring substituents is 1. The van der Waals surface area contributed by atoms with E-state index in [-0.39, 0.29) is 11.6 Å². The molecular weight excluding hydrogens is 296 g/mol. The van der Waals surface area contributed by atoms with Gasteiger partial charge in [0.2, 0.25) is 0 Å². The number of nitrogens with one attached hydrogen (secondary N) is 1. The number of hydrogen-bond donors (Lipinski definition) is 1. The second-order valence-electron chi connectivity index (χ2n) is 6.03. The third kappa shape index (κ3) is 4.62. The van der Waals surface area contributed by atoms with Crippen LogP contribution in [0.15, 0.2) is 48.5 Å². The Morgan fingerprint density at radius 2 is 1.74 bits per heavy atom. The molecule has 0 radical (unpaired) electrons. The third-order valence-electron chi connectivity index (χ3n) is 2.99. The van der Waals surface area contributed by atoms with Crippen molar-refractivity contribution in [2.45, 2.75) is 26.4 Å². The second kappa shape index (κ2) is 6.58. The molecule has 0 unspecified atom stereocenters. The Labute approximate surface area is 134 Å². The van der Waals surface area contributed by atoms with E-state index in [9.17, 15) is 14.9 Å². The molecule has 0 bridgehead atoms. The highest BCUT2D eigenvalue weighted by Crippen LogP contribution is 2.24. The topological polar surface area (TPSA) is 81.5 Å². The Morgan fingerprint density at radius 1 is 1.09 bits per heavy atom. The van der Waals surface area contributed by atoms with Gasteiger partial charge in [0, 0.05) is 17.7 Å². The molecule has 2 aromatic carbocycles. The Balaban J connectivity index is 2.15. The van der Waals surface area contributed by atoms with Gasteiger partial charge in [-0.15, -0.1) is 0 Å². The summed E-state index contributed by atoms with van der Waals surface area (Å²) in [6.45, 7) is 5.50. The van der Waals surface area contributed by atoms with Crippen LogP contribution in [0.5, 0.6) is 0 Å². The number of nitro groups is 1. The average Bonchev–Trinajstić information content (AvgIpc) is 2.52. The van der Waals surface area contributed by atoms with Crippen LogP contribution in [-0.4, -0.2) is 16.4 Å². The highest BCUT2D eigenvalue weighted by molar-refractivity contribution is 5.94. The molecule has 0 aliphatic carbocycles. The first-order valence-electron chi connectivity index (χ1n) is 7.09. The van der Waals surface area contributed by atoms with Gasteiger partial charge in [-0.3, -0.25) is 19.7 Å². The zero-order valence-corrected chi connectivity index (χ0v) is 13.2. The van der Waals surface area contributed by atoms with Crippen LogP contribution in [0.1, 0.15) is 31.1 Å². The molecule has 6 nitrogen and oxygen atoms in total. The van der Waals surface area contributed by atoms with Crippen LogP contribution in [-0.2, 0) is 4.84 Å². The number of carbonyl (C=O) groups excluding carboxylic acids is 1. The van der Waals surface area contributed by atoms with Crippen LogP contribution in [0, 0.1) is 10.1 Å².